The molecule has 3 aromatic carbocycles. The van der Waals surface area contributed by atoms with Gasteiger partial charge in [-0.1, -0.05) is 24.3 Å². The van der Waals surface area contributed by atoms with Gasteiger partial charge in [0.05, 0.1) is 28.9 Å². The molecule has 13 nitrogen and oxygen atoms in total. The second-order valence-electron chi connectivity index (χ2n) is 15.2. The predicted octanol–water partition coefficient (Wildman–Crippen LogP) is 4.40. The molecule has 2 spiro atoms. The third kappa shape index (κ3) is 6.71. The largest absolute Gasteiger partial charge is 0.379 e. The fourth-order valence-corrected chi connectivity index (χ4v) is 9.96. The molecule has 0 aliphatic carbocycles. The molecule has 2 N–H and O–H groups in total. The number of carbonyl (C=O) groups excluding carboxylic acids is 2. The number of nitrogens with zero attached hydrogens (tertiary/aromatic N) is 6. The summed E-state index contributed by atoms with van der Waals surface area (Å²) >= 11 is 0. The molecule has 0 saturated carbocycles. The molecule has 5 aliphatic rings. The Hall–Kier alpha value is -5.67. The molecule has 2 unspecified atom stereocenters. The van der Waals surface area contributed by atoms with E-state index in [0.29, 0.717) is 71.7 Å². The number of nitriles is 2. The van der Waals surface area contributed by atoms with Gasteiger partial charge < -0.3 is 29.7 Å². The van der Waals surface area contributed by atoms with Crippen molar-refractivity contribution in [2.24, 2.45) is 17.9 Å². The van der Waals surface area contributed by atoms with E-state index in [9.17, 15) is 23.3 Å². The highest BCUT2D eigenvalue weighted by Crippen LogP contribution is 2.43. The number of hydrogen-bond donors (Lipinski definition) is 2. The molecule has 2 amide bonds. The maximum atomic E-state index is 12.9. The fraction of sp³-hybridized carbons (Fsp3) is 0.366. The number of hydrogen-bond acceptors (Lipinski definition) is 9. The summed E-state index contributed by atoms with van der Waals surface area (Å²) in [5.74, 6) is 0.0301. The van der Waals surface area contributed by atoms with E-state index in [0.717, 1.165) is 51.3 Å². The van der Waals surface area contributed by atoms with Crippen LogP contribution in [0.15, 0.2) is 83.9 Å². The Bertz CT molecular complexity index is 2360. The molecule has 4 aromatic rings. The average Bonchev–Trinajstić information content (AvgIpc) is 3.95. The molecule has 2 atom stereocenters. The summed E-state index contributed by atoms with van der Waals surface area (Å²) in [6, 6.07) is 23.1. The zero-order valence-corrected chi connectivity index (χ0v) is 31.4. The molecule has 14 heteroatoms. The molecule has 0 bridgehead atoms. The summed E-state index contributed by atoms with van der Waals surface area (Å²) in [5, 5.41) is 24.4. The first-order valence-corrected chi connectivity index (χ1v) is 19.9. The van der Waals surface area contributed by atoms with Crippen molar-refractivity contribution in [3.63, 3.8) is 0 Å². The van der Waals surface area contributed by atoms with Crippen LogP contribution >= 0.6 is 0 Å². The molecule has 0 radical (unpaired) electrons. The zero-order chi connectivity index (χ0) is 38.4. The summed E-state index contributed by atoms with van der Waals surface area (Å²) in [7, 11) is -1.50. The maximum Gasteiger partial charge on any atom is 0.243 e. The van der Waals surface area contributed by atoms with Gasteiger partial charge >= 0.3 is 0 Å². The number of aromatic nitrogens is 1. The number of carbonyl (C=O) groups is 2. The van der Waals surface area contributed by atoms with Crippen LogP contribution in [0.25, 0.3) is 22.4 Å². The number of aryl methyl sites for hydroxylation is 1. The number of anilines is 2. The smallest absolute Gasteiger partial charge is 0.243 e. The standard InChI is InChI=1S/C23H24N4O4S.C18H18N4O/c24-16-26-8-7-23(15-26)14-19-13-18(3-6-21(19)25-22(23)28)17-1-4-20(5-2-17)32(29,30)27-9-11-31-12-10-27;1-21-7-2-3-16(21)13-4-5-15-14(9-13)10-18(17(23)20-15)6-8-22(11-18)12-19/h1-6,13H,7-12,14-15H2,(H,25,28);2-5,7,9H,6,8,10-11H2,1H3,(H,20,23). The number of amides is 2. The summed E-state index contributed by atoms with van der Waals surface area (Å²) in [6.45, 7) is 3.77. The highest BCUT2D eigenvalue weighted by atomic mass is 32.2. The van der Waals surface area contributed by atoms with Crippen molar-refractivity contribution in [3.8, 4) is 34.8 Å². The van der Waals surface area contributed by atoms with Crippen molar-refractivity contribution in [2.45, 2.75) is 30.6 Å². The van der Waals surface area contributed by atoms with Gasteiger partial charge in [-0.25, -0.2) is 8.42 Å². The van der Waals surface area contributed by atoms with Gasteiger partial charge in [0, 0.05) is 69.6 Å². The monoisotopic (exact) mass is 758 g/mol. The van der Waals surface area contributed by atoms with Crippen molar-refractivity contribution in [2.75, 3.05) is 63.1 Å². The molecule has 3 saturated heterocycles. The number of likely N-dealkylation sites (tertiary alicyclic amines) is 2. The van der Waals surface area contributed by atoms with Gasteiger partial charge in [0.15, 0.2) is 12.4 Å². The van der Waals surface area contributed by atoms with Crippen LogP contribution in [0.5, 0.6) is 0 Å². The Kier molecular flexibility index (Phi) is 9.37. The van der Waals surface area contributed by atoms with Crippen molar-refractivity contribution in [3.05, 3.63) is 90.1 Å². The van der Waals surface area contributed by atoms with Gasteiger partial charge in [-0.3, -0.25) is 9.59 Å². The highest BCUT2D eigenvalue weighted by Gasteiger charge is 2.48. The Morgan fingerprint density at radius 3 is 1.75 bits per heavy atom. The van der Waals surface area contributed by atoms with E-state index in [-0.39, 0.29) is 16.7 Å². The lowest BCUT2D eigenvalue weighted by molar-refractivity contribution is -0.126. The lowest BCUT2D eigenvalue weighted by Crippen LogP contribution is -2.43. The summed E-state index contributed by atoms with van der Waals surface area (Å²) in [6.07, 6.45) is 9.03. The van der Waals surface area contributed by atoms with Crippen LogP contribution in [0, 0.1) is 33.7 Å². The first kappa shape index (κ1) is 36.3. The summed E-state index contributed by atoms with van der Waals surface area (Å²) in [4.78, 5) is 28.9. The lowest BCUT2D eigenvalue weighted by Gasteiger charge is -2.33. The minimum absolute atomic E-state index is 0.0202. The van der Waals surface area contributed by atoms with Gasteiger partial charge in [-0.05, 0) is 102 Å². The van der Waals surface area contributed by atoms with Crippen LogP contribution < -0.4 is 10.6 Å². The topological polar surface area (TPSA) is 164 Å². The predicted molar refractivity (Wildman–Crippen MR) is 205 cm³/mol. The Labute approximate surface area is 320 Å². The minimum atomic E-state index is -3.53. The lowest BCUT2D eigenvalue weighted by atomic mass is 9.76. The maximum absolute atomic E-state index is 12.9. The van der Waals surface area contributed by atoms with Gasteiger partial charge in [-0.15, -0.1) is 0 Å². The number of rotatable bonds is 4. The number of morpholine rings is 1. The number of fused-ring (bicyclic) bond motifs is 2. The van der Waals surface area contributed by atoms with Crippen LogP contribution in [-0.2, 0) is 44.2 Å². The fourth-order valence-electron chi connectivity index (χ4n) is 8.55. The Morgan fingerprint density at radius 1 is 0.709 bits per heavy atom. The van der Waals surface area contributed by atoms with Crippen LogP contribution in [0.4, 0.5) is 11.4 Å². The molecule has 1 aromatic heterocycles. The molecule has 282 valence electrons. The third-order valence-corrected chi connectivity index (χ3v) is 13.7. The number of benzene rings is 3. The minimum Gasteiger partial charge on any atom is -0.379 e. The van der Waals surface area contributed by atoms with Crippen LogP contribution in [0.3, 0.4) is 0 Å². The third-order valence-electron chi connectivity index (χ3n) is 11.8. The zero-order valence-electron chi connectivity index (χ0n) is 30.6. The first-order chi connectivity index (χ1) is 26.5. The average molecular weight is 759 g/mol. The number of nitrogens with one attached hydrogen (secondary N) is 2. The van der Waals surface area contributed by atoms with Crippen molar-refractivity contribution in [1.82, 2.24) is 18.7 Å². The van der Waals surface area contributed by atoms with E-state index in [2.05, 4.69) is 45.8 Å². The number of ether oxygens (including phenoxy) is 1. The van der Waals surface area contributed by atoms with Gasteiger partial charge in [0.25, 0.3) is 0 Å². The van der Waals surface area contributed by atoms with E-state index < -0.39 is 20.9 Å². The van der Waals surface area contributed by atoms with Crippen molar-refractivity contribution < 1.29 is 22.7 Å². The molecule has 55 heavy (non-hydrogen) atoms. The van der Waals surface area contributed by atoms with Gasteiger partial charge in [0.1, 0.15) is 0 Å². The second-order valence-corrected chi connectivity index (χ2v) is 17.1. The van der Waals surface area contributed by atoms with E-state index >= 15 is 0 Å². The number of sulfonamides is 1. The van der Waals surface area contributed by atoms with Crippen LogP contribution in [-0.4, -0.2) is 91.4 Å². The van der Waals surface area contributed by atoms with Crippen LogP contribution in [0.1, 0.15) is 24.0 Å². The van der Waals surface area contributed by atoms with E-state index in [1.807, 2.05) is 55.7 Å². The molecule has 9 rings (SSSR count). The molecule has 6 heterocycles. The van der Waals surface area contributed by atoms with E-state index in [4.69, 9.17) is 10.00 Å². The van der Waals surface area contributed by atoms with Gasteiger partial charge in [0.2, 0.25) is 21.8 Å². The molecular formula is C41H42N8O5S. The van der Waals surface area contributed by atoms with Crippen molar-refractivity contribution in [1.29, 1.82) is 10.5 Å². The Balaban J connectivity index is 0.000000164. The second kappa shape index (κ2) is 14.2. The van der Waals surface area contributed by atoms with Crippen molar-refractivity contribution >= 4 is 33.2 Å². The summed E-state index contributed by atoms with van der Waals surface area (Å²) < 4.78 is 34.5. The molecular weight excluding hydrogens is 717 g/mol. The van der Waals surface area contributed by atoms with Crippen LogP contribution in [0.2, 0.25) is 0 Å². The van der Waals surface area contributed by atoms with E-state index in [1.54, 1.807) is 21.9 Å². The normalized spacial score (nSPS) is 23.3. The van der Waals surface area contributed by atoms with Gasteiger partial charge in [-0.2, -0.15) is 14.8 Å². The van der Waals surface area contributed by atoms with E-state index in [1.165, 1.54) is 4.31 Å². The quantitative estimate of drug-likeness (QED) is 0.287. The summed E-state index contributed by atoms with van der Waals surface area (Å²) in [5.41, 5.74) is 7.02. The highest BCUT2D eigenvalue weighted by molar-refractivity contribution is 7.89. The Morgan fingerprint density at radius 2 is 1.24 bits per heavy atom. The molecule has 3 fully saturated rings. The molecule has 5 aliphatic heterocycles. The first-order valence-electron chi connectivity index (χ1n) is 18.5. The SMILES string of the molecule is Cn1cccc1-c1ccc2c(c1)CC1(CCN(C#N)C1)C(=O)N2.N#CN1CCC2(Cc3cc(-c4ccc(S(=O)(=O)N5CCOCC5)cc4)ccc3NC2=O)C1.